The third kappa shape index (κ3) is 6.97. The monoisotopic (exact) mass is 536 g/mol. The molecule has 0 unspecified atom stereocenters. The molecule has 0 aliphatic carbocycles. The molecule has 2 aromatic carbocycles. The average molecular weight is 537 g/mol. The number of rotatable bonds is 10. The van der Waals surface area contributed by atoms with Crippen molar-refractivity contribution >= 4 is 40.7 Å². The first-order valence-corrected chi connectivity index (χ1v) is 14.0. The Morgan fingerprint density at radius 3 is 2.51 bits per heavy atom. The molecule has 4 aromatic rings. The predicted molar refractivity (Wildman–Crippen MR) is 149 cm³/mol. The molecule has 192 valence electrons. The van der Waals surface area contributed by atoms with Gasteiger partial charge in [0.1, 0.15) is 17.4 Å². The Labute approximate surface area is 224 Å². The highest BCUT2D eigenvalue weighted by atomic mass is 32.2. The molecular formula is C27H29FN6OS2. The number of nitrogens with zero attached hydrogens (tertiary/aromatic N) is 5. The molecule has 1 aliphatic heterocycles. The van der Waals surface area contributed by atoms with Gasteiger partial charge in [-0.05, 0) is 66.9 Å². The van der Waals surface area contributed by atoms with Gasteiger partial charge < -0.3 is 15.0 Å². The van der Waals surface area contributed by atoms with E-state index >= 15 is 0 Å². The summed E-state index contributed by atoms with van der Waals surface area (Å²) in [6.45, 7) is 6.32. The van der Waals surface area contributed by atoms with Crippen molar-refractivity contribution in [1.82, 2.24) is 19.3 Å². The van der Waals surface area contributed by atoms with Crippen molar-refractivity contribution in [3.05, 3.63) is 72.1 Å². The third-order valence-corrected chi connectivity index (χ3v) is 7.76. The predicted octanol–water partition coefficient (Wildman–Crippen LogP) is 6.49. The van der Waals surface area contributed by atoms with Gasteiger partial charge in [0, 0.05) is 49.0 Å². The summed E-state index contributed by atoms with van der Waals surface area (Å²) in [4.78, 5) is 18.2. The fourth-order valence-corrected chi connectivity index (χ4v) is 5.33. The molecule has 37 heavy (non-hydrogen) atoms. The minimum Gasteiger partial charge on any atom is -0.494 e. The number of unbranched alkanes of at least 4 members (excludes halogenated alkanes) is 1. The van der Waals surface area contributed by atoms with E-state index in [4.69, 9.17) is 14.7 Å². The summed E-state index contributed by atoms with van der Waals surface area (Å²) in [5.74, 6) is 1.99. The molecule has 0 bridgehead atoms. The number of benzene rings is 2. The van der Waals surface area contributed by atoms with Crippen molar-refractivity contribution in [1.29, 1.82) is 0 Å². The molecule has 10 heteroatoms. The van der Waals surface area contributed by atoms with Crippen LogP contribution in [0.25, 0.3) is 10.6 Å². The van der Waals surface area contributed by atoms with E-state index in [0.717, 1.165) is 67.6 Å². The molecule has 2 aromatic heterocycles. The molecule has 0 spiro atoms. The smallest absolute Gasteiger partial charge is 0.228 e. The quantitative estimate of drug-likeness (QED) is 0.182. The van der Waals surface area contributed by atoms with Crippen LogP contribution in [0.1, 0.15) is 19.8 Å². The Morgan fingerprint density at radius 2 is 1.81 bits per heavy atom. The summed E-state index contributed by atoms with van der Waals surface area (Å²) >= 11 is 3.31. The molecule has 0 amide bonds. The van der Waals surface area contributed by atoms with Gasteiger partial charge in [-0.1, -0.05) is 13.3 Å². The lowest BCUT2D eigenvalue weighted by atomic mass is 10.3. The van der Waals surface area contributed by atoms with Gasteiger partial charge in [0.15, 0.2) is 0 Å². The van der Waals surface area contributed by atoms with Gasteiger partial charge in [-0.15, -0.1) is 11.3 Å². The minimum atomic E-state index is -0.272. The van der Waals surface area contributed by atoms with Crippen LogP contribution in [-0.2, 0) is 0 Å². The third-order valence-electron chi connectivity index (χ3n) is 5.86. The zero-order valence-corrected chi connectivity index (χ0v) is 22.3. The Kier molecular flexibility index (Phi) is 8.49. The Balaban J connectivity index is 1.24. The van der Waals surface area contributed by atoms with Crippen LogP contribution in [0, 0.1) is 5.82 Å². The molecular weight excluding hydrogens is 507 g/mol. The summed E-state index contributed by atoms with van der Waals surface area (Å²) < 4.78 is 21.5. The molecule has 3 heterocycles. The number of ether oxygens (including phenoxy) is 1. The van der Waals surface area contributed by atoms with Crippen molar-refractivity contribution in [3.8, 4) is 16.3 Å². The Morgan fingerprint density at radius 1 is 1.03 bits per heavy atom. The van der Waals surface area contributed by atoms with Crippen molar-refractivity contribution in [2.24, 2.45) is 0 Å². The minimum absolute atomic E-state index is 0.272. The lowest BCUT2D eigenvalue weighted by Gasteiger charge is -2.34. The van der Waals surface area contributed by atoms with Crippen LogP contribution in [0.3, 0.4) is 0 Å². The highest BCUT2D eigenvalue weighted by molar-refractivity contribution is 7.97. The summed E-state index contributed by atoms with van der Waals surface area (Å²) in [7, 11) is 0. The van der Waals surface area contributed by atoms with E-state index in [0.29, 0.717) is 11.8 Å². The van der Waals surface area contributed by atoms with Crippen LogP contribution in [-0.4, -0.2) is 52.0 Å². The molecule has 0 saturated carbocycles. The van der Waals surface area contributed by atoms with Crippen molar-refractivity contribution in [2.45, 2.75) is 24.7 Å². The molecule has 5 rings (SSSR count). The van der Waals surface area contributed by atoms with Crippen molar-refractivity contribution < 1.29 is 9.13 Å². The SMILES string of the molecule is CCCCOc1ccc(SN2CCN(c3nc(Nc4ccc(F)cc4)cc(-c4cncs4)n3)CC2)cc1. The van der Waals surface area contributed by atoms with E-state index in [-0.39, 0.29) is 5.82 Å². The normalized spacial score (nSPS) is 14.1. The highest BCUT2D eigenvalue weighted by Gasteiger charge is 2.21. The fraction of sp³-hybridized carbons (Fsp3) is 0.296. The summed E-state index contributed by atoms with van der Waals surface area (Å²) in [6.07, 6.45) is 4.02. The largest absolute Gasteiger partial charge is 0.494 e. The molecule has 0 radical (unpaired) electrons. The second kappa shape index (κ2) is 12.4. The van der Waals surface area contributed by atoms with Crippen molar-refractivity contribution in [3.63, 3.8) is 0 Å². The number of halogens is 1. The standard InChI is InChI=1S/C27H29FN6OS2/c1-2-3-16-35-22-8-10-23(11-9-22)37-34-14-12-33(13-15-34)27-31-24(25-18-29-19-36-25)17-26(32-27)30-21-6-4-20(28)5-7-21/h4-11,17-19H,2-3,12-16H2,1H3,(H,30,31,32). The number of anilines is 3. The van der Waals surface area contributed by atoms with Gasteiger partial charge in [-0.25, -0.2) is 13.7 Å². The molecule has 7 nitrogen and oxygen atoms in total. The van der Waals surface area contributed by atoms with Gasteiger partial charge in [0.2, 0.25) is 5.95 Å². The van der Waals surface area contributed by atoms with Gasteiger partial charge in [0.25, 0.3) is 0 Å². The van der Waals surface area contributed by atoms with E-state index in [1.807, 2.05) is 24.4 Å². The maximum absolute atomic E-state index is 13.3. The second-order valence-corrected chi connectivity index (χ2v) is 10.7. The molecule has 1 N–H and O–H groups in total. The number of hydrogen-bond acceptors (Lipinski definition) is 9. The molecule has 0 atom stereocenters. The first kappa shape index (κ1) is 25.4. The Bertz CT molecular complexity index is 1260. The summed E-state index contributed by atoms with van der Waals surface area (Å²) in [5, 5.41) is 3.29. The zero-order chi connectivity index (χ0) is 25.5. The van der Waals surface area contributed by atoms with Crippen LogP contribution < -0.4 is 15.0 Å². The molecule has 1 saturated heterocycles. The maximum Gasteiger partial charge on any atom is 0.228 e. The van der Waals surface area contributed by atoms with Crippen LogP contribution in [0.5, 0.6) is 5.75 Å². The van der Waals surface area contributed by atoms with E-state index in [9.17, 15) is 4.39 Å². The van der Waals surface area contributed by atoms with E-state index in [1.165, 1.54) is 28.4 Å². The van der Waals surface area contributed by atoms with Gasteiger partial charge >= 0.3 is 0 Å². The highest BCUT2D eigenvalue weighted by Crippen LogP contribution is 2.30. The number of nitrogens with one attached hydrogen (secondary N) is 1. The lowest BCUT2D eigenvalue weighted by Crippen LogP contribution is -2.44. The molecule has 1 fully saturated rings. The van der Waals surface area contributed by atoms with Crippen molar-refractivity contribution in [2.75, 3.05) is 43.0 Å². The summed E-state index contributed by atoms with van der Waals surface area (Å²) in [6, 6.07) is 16.5. The maximum atomic E-state index is 13.3. The number of aromatic nitrogens is 3. The number of thiazole rings is 1. The van der Waals surface area contributed by atoms with Crippen LogP contribution >= 0.6 is 23.3 Å². The fourth-order valence-electron chi connectivity index (χ4n) is 3.85. The van der Waals surface area contributed by atoms with E-state index < -0.39 is 0 Å². The van der Waals surface area contributed by atoms with Gasteiger partial charge in [-0.2, -0.15) is 4.98 Å². The number of hydrogen-bond donors (Lipinski definition) is 1. The first-order valence-electron chi connectivity index (χ1n) is 12.4. The number of piperazine rings is 1. The Hall–Kier alpha value is -3.21. The summed E-state index contributed by atoms with van der Waals surface area (Å²) in [5.41, 5.74) is 3.38. The zero-order valence-electron chi connectivity index (χ0n) is 20.6. The second-order valence-electron chi connectivity index (χ2n) is 8.62. The van der Waals surface area contributed by atoms with Gasteiger partial charge in [-0.3, -0.25) is 4.98 Å². The lowest BCUT2D eigenvalue weighted by molar-refractivity contribution is 0.309. The average Bonchev–Trinajstić information content (AvgIpc) is 3.47. The first-order chi connectivity index (χ1) is 18.2. The topological polar surface area (TPSA) is 66.4 Å². The van der Waals surface area contributed by atoms with E-state index in [2.05, 4.69) is 38.6 Å². The van der Waals surface area contributed by atoms with Gasteiger partial charge in [0.05, 0.1) is 22.7 Å². The van der Waals surface area contributed by atoms with E-state index in [1.54, 1.807) is 29.6 Å². The van der Waals surface area contributed by atoms with Crippen LogP contribution in [0.15, 0.2) is 71.2 Å². The molecule has 1 aliphatic rings. The van der Waals surface area contributed by atoms with Crippen LogP contribution in [0.2, 0.25) is 0 Å². The van der Waals surface area contributed by atoms with Crippen LogP contribution in [0.4, 0.5) is 21.8 Å².